The van der Waals surface area contributed by atoms with E-state index in [1.807, 2.05) is 13.0 Å². The lowest BCUT2D eigenvalue weighted by Crippen LogP contribution is -2.30. The highest BCUT2D eigenvalue weighted by Gasteiger charge is 2.10. The van der Waals surface area contributed by atoms with Crippen LogP contribution in [0.3, 0.4) is 0 Å². The predicted octanol–water partition coefficient (Wildman–Crippen LogP) is 1.48. The molecule has 0 aromatic rings. The van der Waals surface area contributed by atoms with E-state index in [4.69, 9.17) is 5.73 Å². The molecule has 58 valence electrons. The summed E-state index contributed by atoms with van der Waals surface area (Å²) >= 11 is 0. The van der Waals surface area contributed by atoms with E-state index in [2.05, 4.69) is 5.18 Å². The highest BCUT2D eigenvalue weighted by atomic mass is 16.3. The summed E-state index contributed by atoms with van der Waals surface area (Å²) in [7, 11) is 0. The van der Waals surface area contributed by atoms with Gasteiger partial charge in [-0.25, -0.2) is 0 Å². The summed E-state index contributed by atoms with van der Waals surface area (Å²) in [6.07, 6.45) is 8.52. The van der Waals surface area contributed by atoms with Gasteiger partial charge in [0.1, 0.15) is 5.70 Å². The van der Waals surface area contributed by atoms with Gasteiger partial charge in [-0.3, -0.25) is 0 Å². The van der Waals surface area contributed by atoms with Crippen LogP contribution in [-0.2, 0) is 0 Å². The zero-order chi connectivity index (χ0) is 8.32. The van der Waals surface area contributed by atoms with Crippen molar-refractivity contribution in [3.63, 3.8) is 0 Å². The minimum absolute atomic E-state index is 0.399. The molecular formula is C8H10N2O. The summed E-state index contributed by atoms with van der Waals surface area (Å²) in [5.41, 5.74) is 5.67. The van der Waals surface area contributed by atoms with Gasteiger partial charge in [0, 0.05) is 0 Å². The largest absolute Gasteiger partial charge is 0.319 e. The number of rotatable bonds is 1. The smallest absolute Gasteiger partial charge is 0.107 e. The molecule has 0 amide bonds. The molecule has 0 fully saturated rings. The minimum Gasteiger partial charge on any atom is -0.319 e. The average molecular weight is 150 g/mol. The molecule has 0 saturated carbocycles. The van der Waals surface area contributed by atoms with Crippen LogP contribution in [0.4, 0.5) is 0 Å². The summed E-state index contributed by atoms with van der Waals surface area (Å²) in [4.78, 5) is 10.1. The van der Waals surface area contributed by atoms with Crippen molar-refractivity contribution in [1.82, 2.24) is 0 Å². The highest BCUT2D eigenvalue weighted by molar-refractivity contribution is 5.32. The number of allylic oxidation sites excluding steroid dienone is 3. The Balaban J connectivity index is 2.91. The summed E-state index contributed by atoms with van der Waals surface area (Å²) in [5, 5.41) is 2.79. The van der Waals surface area contributed by atoms with Gasteiger partial charge in [0.2, 0.25) is 0 Å². The van der Waals surface area contributed by atoms with Gasteiger partial charge in [0.15, 0.2) is 0 Å². The van der Waals surface area contributed by atoms with Gasteiger partial charge < -0.3 is 5.73 Å². The fourth-order valence-electron chi connectivity index (χ4n) is 0.791. The van der Waals surface area contributed by atoms with Crippen LogP contribution < -0.4 is 5.73 Å². The zero-order valence-electron chi connectivity index (χ0n) is 6.32. The third kappa shape index (κ3) is 2.13. The van der Waals surface area contributed by atoms with Crippen LogP contribution in [0.25, 0.3) is 0 Å². The first kappa shape index (κ1) is 7.88. The van der Waals surface area contributed by atoms with Crippen molar-refractivity contribution in [1.29, 1.82) is 0 Å². The molecule has 3 nitrogen and oxygen atoms in total. The monoisotopic (exact) mass is 150 g/mol. The lowest BCUT2D eigenvalue weighted by molar-refractivity contribution is 0.736. The molecule has 1 aliphatic rings. The van der Waals surface area contributed by atoms with Gasteiger partial charge in [0.25, 0.3) is 0 Å². The van der Waals surface area contributed by atoms with Crippen molar-refractivity contribution in [3.05, 3.63) is 41.0 Å². The maximum absolute atomic E-state index is 10.1. The number of hydrogen-bond acceptors (Lipinski definition) is 3. The summed E-state index contributed by atoms with van der Waals surface area (Å²) < 4.78 is 0. The Morgan fingerprint density at radius 3 is 2.91 bits per heavy atom. The Morgan fingerprint density at radius 1 is 1.55 bits per heavy atom. The maximum Gasteiger partial charge on any atom is 0.107 e. The van der Waals surface area contributed by atoms with Gasteiger partial charge in [-0.05, 0) is 24.3 Å². The fraction of sp³-hybridized carbons (Fsp3) is 0.250. The second-order valence-corrected chi connectivity index (χ2v) is 2.74. The topological polar surface area (TPSA) is 55.4 Å². The molecule has 1 rings (SSSR count). The molecule has 1 atom stereocenters. The Morgan fingerprint density at radius 2 is 2.27 bits per heavy atom. The minimum atomic E-state index is -0.469. The van der Waals surface area contributed by atoms with Crippen LogP contribution in [0, 0.1) is 4.91 Å². The van der Waals surface area contributed by atoms with E-state index in [-0.39, 0.29) is 0 Å². The number of nitrogens with two attached hydrogens (primary N) is 1. The molecular weight excluding hydrogens is 140 g/mol. The number of hydrogen-bond donors (Lipinski definition) is 1. The maximum atomic E-state index is 10.1. The van der Waals surface area contributed by atoms with Crippen molar-refractivity contribution in [2.24, 2.45) is 10.9 Å². The van der Waals surface area contributed by atoms with Gasteiger partial charge in [0.05, 0.1) is 5.54 Å². The quantitative estimate of drug-likeness (QED) is 0.575. The lowest BCUT2D eigenvalue weighted by Gasteiger charge is -2.12. The van der Waals surface area contributed by atoms with E-state index in [1.165, 1.54) is 0 Å². The van der Waals surface area contributed by atoms with E-state index < -0.39 is 5.54 Å². The van der Waals surface area contributed by atoms with Gasteiger partial charge in [-0.15, -0.1) is 4.91 Å². The Bertz CT molecular complexity index is 249. The molecule has 0 aromatic carbocycles. The van der Waals surface area contributed by atoms with Crippen molar-refractivity contribution < 1.29 is 0 Å². The fourth-order valence-corrected chi connectivity index (χ4v) is 0.791. The molecule has 0 radical (unpaired) electrons. The first-order valence-corrected chi connectivity index (χ1v) is 3.35. The number of nitrogens with zero attached hydrogens (tertiary/aromatic N) is 1. The van der Waals surface area contributed by atoms with Gasteiger partial charge in [-0.1, -0.05) is 18.2 Å². The molecule has 0 aromatic heterocycles. The zero-order valence-corrected chi connectivity index (χ0v) is 6.32. The van der Waals surface area contributed by atoms with E-state index in [1.54, 1.807) is 24.3 Å². The summed E-state index contributed by atoms with van der Waals surface area (Å²) in [5.74, 6) is 0. The molecule has 0 aliphatic heterocycles. The van der Waals surface area contributed by atoms with Crippen LogP contribution in [0.15, 0.2) is 41.3 Å². The normalized spacial score (nSPS) is 29.5. The Hall–Kier alpha value is -1.22. The summed E-state index contributed by atoms with van der Waals surface area (Å²) in [6.45, 7) is 1.85. The van der Waals surface area contributed by atoms with Crippen LogP contribution in [0.1, 0.15) is 6.92 Å². The van der Waals surface area contributed by atoms with E-state index in [0.717, 1.165) is 0 Å². The molecule has 1 aliphatic carbocycles. The standard InChI is InChI=1S/C8H10N2O/c1-8(9)5-2-3-7(10-11)4-6-8/h2-6H,9H2,1H3. The van der Waals surface area contributed by atoms with Crippen molar-refractivity contribution in [2.75, 3.05) is 0 Å². The van der Waals surface area contributed by atoms with E-state index in [9.17, 15) is 4.91 Å². The number of nitroso groups, excluding NO2 is 1. The summed E-state index contributed by atoms with van der Waals surface area (Å²) in [6, 6.07) is 0. The van der Waals surface area contributed by atoms with Crippen molar-refractivity contribution in [3.8, 4) is 0 Å². The molecule has 3 heteroatoms. The lowest BCUT2D eigenvalue weighted by atomic mass is 10.0. The highest BCUT2D eigenvalue weighted by Crippen LogP contribution is 2.11. The third-order valence-electron chi connectivity index (χ3n) is 1.44. The first-order valence-electron chi connectivity index (χ1n) is 3.35. The first-order chi connectivity index (χ1) is 5.14. The second-order valence-electron chi connectivity index (χ2n) is 2.74. The van der Waals surface area contributed by atoms with E-state index >= 15 is 0 Å². The molecule has 0 spiro atoms. The van der Waals surface area contributed by atoms with Gasteiger partial charge >= 0.3 is 0 Å². The Labute approximate surface area is 65.3 Å². The van der Waals surface area contributed by atoms with Crippen LogP contribution in [-0.4, -0.2) is 5.54 Å². The second kappa shape index (κ2) is 2.80. The third-order valence-corrected chi connectivity index (χ3v) is 1.44. The van der Waals surface area contributed by atoms with Gasteiger partial charge in [-0.2, -0.15) is 0 Å². The molecule has 11 heavy (non-hydrogen) atoms. The molecule has 1 unspecified atom stereocenters. The average Bonchev–Trinajstić information content (AvgIpc) is 2.10. The molecule has 0 bridgehead atoms. The van der Waals surface area contributed by atoms with Crippen LogP contribution in [0.2, 0.25) is 0 Å². The van der Waals surface area contributed by atoms with Crippen molar-refractivity contribution >= 4 is 0 Å². The van der Waals surface area contributed by atoms with Crippen LogP contribution >= 0.6 is 0 Å². The molecule has 2 N–H and O–H groups in total. The SMILES string of the molecule is CC1(N)C=CC=C(N=O)C=C1. The predicted molar refractivity (Wildman–Crippen MR) is 44.8 cm³/mol. The molecule has 0 saturated heterocycles. The Kier molecular flexibility index (Phi) is 2.01. The van der Waals surface area contributed by atoms with E-state index in [0.29, 0.717) is 5.70 Å². The van der Waals surface area contributed by atoms with Crippen molar-refractivity contribution in [2.45, 2.75) is 12.5 Å². The molecule has 0 heterocycles. The van der Waals surface area contributed by atoms with Crippen LogP contribution in [0.5, 0.6) is 0 Å².